The molecule has 2 amide bonds. The van der Waals surface area contributed by atoms with E-state index in [1.807, 2.05) is 89.2 Å². The fourth-order valence-electron chi connectivity index (χ4n) is 5.00. The lowest BCUT2D eigenvalue weighted by Crippen LogP contribution is -2.53. The average molecular weight is 642 g/mol. The van der Waals surface area contributed by atoms with E-state index in [-0.39, 0.29) is 23.4 Å². The van der Waals surface area contributed by atoms with E-state index in [0.717, 1.165) is 27.4 Å². The van der Waals surface area contributed by atoms with Crippen molar-refractivity contribution in [2.45, 2.75) is 71.0 Å². The maximum Gasteiger partial charge on any atom is 0.264 e. The number of benzene rings is 4. The van der Waals surface area contributed by atoms with Gasteiger partial charge in [0, 0.05) is 12.6 Å². The molecular weight excluding hydrogens is 598 g/mol. The summed E-state index contributed by atoms with van der Waals surface area (Å²) in [6, 6.07) is 29.2. The van der Waals surface area contributed by atoms with Gasteiger partial charge < -0.3 is 15.0 Å². The van der Waals surface area contributed by atoms with Crippen LogP contribution >= 0.6 is 0 Å². The number of anilines is 1. The van der Waals surface area contributed by atoms with Gasteiger partial charge in [0.25, 0.3) is 10.0 Å². The molecule has 4 aromatic carbocycles. The Labute approximate surface area is 273 Å². The summed E-state index contributed by atoms with van der Waals surface area (Å²) in [6.07, 6.45) is 1.09. The van der Waals surface area contributed by atoms with Crippen LogP contribution in [0.1, 0.15) is 50.3 Å². The van der Waals surface area contributed by atoms with Crippen molar-refractivity contribution in [1.29, 1.82) is 0 Å². The van der Waals surface area contributed by atoms with Gasteiger partial charge in [-0.2, -0.15) is 0 Å². The van der Waals surface area contributed by atoms with Crippen molar-refractivity contribution < 1.29 is 22.7 Å². The van der Waals surface area contributed by atoms with Gasteiger partial charge in [-0.05, 0) is 93.3 Å². The van der Waals surface area contributed by atoms with Gasteiger partial charge in [0.05, 0.1) is 10.6 Å². The van der Waals surface area contributed by atoms with Crippen molar-refractivity contribution in [2.24, 2.45) is 0 Å². The summed E-state index contributed by atoms with van der Waals surface area (Å²) < 4.78 is 35.4. The van der Waals surface area contributed by atoms with Crippen LogP contribution in [0, 0.1) is 13.8 Å². The molecule has 0 fully saturated rings. The fraction of sp³-hybridized carbons (Fsp3) is 0.297. The first-order chi connectivity index (χ1) is 22.0. The van der Waals surface area contributed by atoms with E-state index >= 15 is 0 Å². The van der Waals surface area contributed by atoms with Crippen molar-refractivity contribution in [2.75, 3.05) is 10.8 Å². The molecule has 4 rings (SSSR count). The molecule has 0 aliphatic heterocycles. The molecule has 0 unspecified atom stereocenters. The van der Waals surface area contributed by atoms with E-state index in [4.69, 9.17) is 4.74 Å². The normalized spacial score (nSPS) is 12.5. The van der Waals surface area contributed by atoms with E-state index in [9.17, 15) is 18.0 Å². The Morgan fingerprint density at radius 1 is 0.783 bits per heavy atom. The zero-order valence-electron chi connectivity index (χ0n) is 27.1. The quantitative estimate of drug-likeness (QED) is 0.160. The highest BCUT2D eigenvalue weighted by molar-refractivity contribution is 7.92. The lowest BCUT2D eigenvalue weighted by Gasteiger charge is -2.34. The van der Waals surface area contributed by atoms with Crippen molar-refractivity contribution >= 4 is 27.5 Å². The molecule has 0 spiro atoms. The van der Waals surface area contributed by atoms with Crippen LogP contribution in [0.2, 0.25) is 0 Å². The van der Waals surface area contributed by atoms with Crippen LogP contribution in [0.5, 0.6) is 11.5 Å². The third kappa shape index (κ3) is 8.54. The Kier molecular flexibility index (Phi) is 11.6. The van der Waals surface area contributed by atoms with Gasteiger partial charge in [0.2, 0.25) is 11.8 Å². The maximum absolute atomic E-state index is 14.4. The zero-order valence-corrected chi connectivity index (χ0v) is 28.0. The van der Waals surface area contributed by atoms with Crippen LogP contribution in [-0.4, -0.2) is 43.8 Å². The average Bonchev–Trinajstić information content (AvgIpc) is 3.05. The molecule has 1 N–H and O–H groups in total. The minimum absolute atomic E-state index is 0.0579. The predicted octanol–water partition coefficient (Wildman–Crippen LogP) is 7.01. The zero-order chi connectivity index (χ0) is 33.3. The first kappa shape index (κ1) is 34.2. The highest BCUT2D eigenvalue weighted by Gasteiger charge is 2.34. The second-order valence-corrected chi connectivity index (χ2v) is 13.3. The summed E-state index contributed by atoms with van der Waals surface area (Å²) >= 11 is 0. The smallest absolute Gasteiger partial charge is 0.264 e. The Hall–Kier alpha value is -4.63. The Morgan fingerprint density at radius 2 is 1.39 bits per heavy atom. The van der Waals surface area contributed by atoms with Crippen molar-refractivity contribution in [3.63, 3.8) is 0 Å². The molecule has 0 heterocycles. The predicted molar refractivity (Wildman–Crippen MR) is 182 cm³/mol. The van der Waals surface area contributed by atoms with E-state index in [0.29, 0.717) is 23.6 Å². The van der Waals surface area contributed by atoms with Gasteiger partial charge in [-0.15, -0.1) is 0 Å². The number of hydrogen-bond acceptors (Lipinski definition) is 5. The molecule has 8 nitrogen and oxygen atoms in total. The number of nitrogens with one attached hydrogen (secondary N) is 1. The molecule has 0 saturated heterocycles. The fourth-order valence-corrected chi connectivity index (χ4v) is 6.42. The lowest BCUT2D eigenvalue weighted by atomic mass is 10.1. The molecule has 0 aliphatic carbocycles. The van der Waals surface area contributed by atoms with Gasteiger partial charge in [0.15, 0.2) is 0 Å². The first-order valence-corrected chi connectivity index (χ1v) is 17.0. The molecule has 0 aromatic heterocycles. The molecule has 242 valence electrons. The number of ether oxygens (including phenoxy) is 1. The minimum Gasteiger partial charge on any atom is -0.457 e. The van der Waals surface area contributed by atoms with E-state index < -0.39 is 28.5 Å². The van der Waals surface area contributed by atoms with Crippen LogP contribution in [-0.2, 0) is 26.2 Å². The summed E-state index contributed by atoms with van der Waals surface area (Å²) in [7, 11) is -4.18. The number of rotatable bonds is 14. The molecular formula is C37H43N3O5S. The topological polar surface area (TPSA) is 96.0 Å². The van der Waals surface area contributed by atoms with Gasteiger partial charge in [-0.1, -0.05) is 74.0 Å². The van der Waals surface area contributed by atoms with Gasteiger partial charge in [-0.3, -0.25) is 13.9 Å². The summed E-state index contributed by atoms with van der Waals surface area (Å²) in [5, 5.41) is 3.01. The number of hydrogen-bond donors (Lipinski definition) is 1. The standard InChI is InChI=1S/C37H43N3O5S/c1-6-29(5)38-37(42)35(7-2)39(25-30-14-12-11-13-28(30)4)36(41)26-40(46(43,44)34-23-17-27(3)18-24-34)31-19-21-33(22-20-31)45-32-15-9-8-10-16-32/h8-24,29,35H,6-7,25-26H2,1-5H3,(H,38,42)/t29-,35-/m1/s1. The van der Waals surface area contributed by atoms with Gasteiger partial charge >= 0.3 is 0 Å². The summed E-state index contributed by atoms with van der Waals surface area (Å²) in [4.78, 5) is 29.4. The lowest BCUT2D eigenvalue weighted by molar-refractivity contribution is -0.140. The number of nitrogens with zero attached hydrogens (tertiary/aromatic N) is 2. The second-order valence-electron chi connectivity index (χ2n) is 11.4. The van der Waals surface area contributed by atoms with E-state index in [1.165, 1.54) is 17.0 Å². The van der Waals surface area contributed by atoms with Crippen LogP contribution in [0.4, 0.5) is 5.69 Å². The highest BCUT2D eigenvalue weighted by Crippen LogP contribution is 2.29. The van der Waals surface area contributed by atoms with Gasteiger partial charge in [-0.25, -0.2) is 8.42 Å². The number of sulfonamides is 1. The summed E-state index contributed by atoms with van der Waals surface area (Å²) in [5.41, 5.74) is 3.05. The van der Waals surface area contributed by atoms with E-state index in [1.54, 1.807) is 36.4 Å². The Bertz CT molecular complexity index is 1710. The van der Waals surface area contributed by atoms with Gasteiger partial charge in [0.1, 0.15) is 24.1 Å². The number of carbonyl (C=O) groups excluding carboxylic acids is 2. The SMILES string of the molecule is CC[C@@H](C)NC(=O)[C@@H](CC)N(Cc1ccccc1C)C(=O)CN(c1ccc(Oc2ccccc2)cc1)S(=O)(=O)c1ccc(C)cc1. The van der Waals surface area contributed by atoms with Crippen LogP contribution in [0.3, 0.4) is 0 Å². The molecule has 46 heavy (non-hydrogen) atoms. The Morgan fingerprint density at radius 3 is 2.00 bits per heavy atom. The van der Waals surface area contributed by atoms with E-state index in [2.05, 4.69) is 5.32 Å². The third-order valence-electron chi connectivity index (χ3n) is 7.98. The largest absolute Gasteiger partial charge is 0.457 e. The molecule has 9 heteroatoms. The maximum atomic E-state index is 14.4. The third-order valence-corrected chi connectivity index (χ3v) is 9.77. The molecule has 4 aromatic rings. The Balaban J connectivity index is 1.73. The molecule has 0 aliphatic rings. The van der Waals surface area contributed by atoms with Crippen LogP contribution < -0.4 is 14.4 Å². The number of aryl methyl sites for hydroxylation is 2. The van der Waals surface area contributed by atoms with Crippen LogP contribution in [0.25, 0.3) is 0 Å². The number of para-hydroxylation sites is 1. The molecule has 0 saturated carbocycles. The first-order valence-electron chi connectivity index (χ1n) is 15.6. The highest BCUT2D eigenvalue weighted by atomic mass is 32.2. The minimum atomic E-state index is -4.18. The summed E-state index contributed by atoms with van der Waals surface area (Å²) in [5.74, 6) is 0.398. The van der Waals surface area contributed by atoms with Crippen molar-refractivity contribution in [3.05, 3.63) is 120 Å². The van der Waals surface area contributed by atoms with Crippen molar-refractivity contribution in [3.8, 4) is 11.5 Å². The monoisotopic (exact) mass is 641 g/mol. The molecule has 2 atom stereocenters. The summed E-state index contributed by atoms with van der Waals surface area (Å²) in [6.45, 7) is 9.22. The number of amides is 2. The number of carbonyl (C=O) groups is 2. The van der Waals surface area contributed by atoms with Crippen LogP contribution in [0.15, 0.2) is 108 Å². The molecule has 0 radical (unpaired) electrons. The molecule has 0 bridgehead atoms. The second kappa shape index (κ2) is 15.6. The van der Waals surface area contributed by atoms with Crippen molar-refractivity contribution in [1.82, 2.24) is 10.2 Å².